The molecule has 0 bridgehead atoms. The molecule has 1 aliphatic carbocycles. The van der Waals surface area contributed by atoms with Gasteiger partial charge in [0.25, 0.3) is 5.69 Å². The van der Waals surface area contributed by atoms with Crippen molar-refractivity contribution in [3.63, 3.8) is 0 Å². The molecular formula is C21H22NO5S+. The molecule has 0 aliphatic heterocycles. The fraction of sp³-hybridized carbons (Fsp3) is 0.286. The first-order chi connectivity index (χ1) is 13.4. The molecule has 0 aromatic heterocycles. The van der Waals surface area contributed by atoms with Crippen LogP contribution in [-0.4, -0.2) is 30.0 Å². The topological polar surface area (TPSA) is 83.7 Å². The third-order valence-electron chi connectivity index (χ3n) is 4.89. The second-order valence-electron chi connectivity index (χ2n) is 6.74. The molecule has 0 unspecified atom stereocenters. The number of carboxylic acid groups (broad SMARTS) is 1. The van der Waals surface area contributed by atoms with Crippen LogP contribution in [0.1, 0.15) is 39.0 Å². The number of carbonyl (C=O) groups is 1. The zero-order chi connectivity index (χ0) is 20.3. The van der Waals surface area contributed by atoms with Crippen molar-refractivity contribution in [2.75, 3.05) is 6.54 Å². The minimum absolute atomic E-state index is 0.150. The van der Waals surface area contributed by atoms with Crippen molar-refractivity contribution in [3.8, 4) is 5.75 Å². The highest BCUT2D eigenvalue weighted by Gasteiger charge is 2.24. The number of benzene rings is 2. The van der Waals surface area contributed by atoms with Gasteiger partial charge in [0.1, 0.15) is 6.61 Å². The summed E-state index contributed by atoms with van der Waals surface area (Å²) in [5.41, 5.74) is 4.68. The third-order valence-corrected chi connectivity index (χ3v) is 5.60. The minimum atomic E-state index is -2.45. The molecule has 0 saturated heterocycles. The maximum Gasteiger partial charge on any atom is 0.465 e. The smallest absolute Gasteiger partial charge is 0.465 e. The summed E-state index contributed by atoms with van der Waals surface area (Å²) in [4.78, 5) is 11.1. The molecule has 0 saturated carbocycles. The van der Waals surface area contributed by atoms with Crippen LogP contribution < -0.4 is 4.74 Å². The van der Waals surface area contributed by atoms with E-state index in [1.54, 1.807) is 12.1 Å². The highest BCUT2D eigenvalue weighted by atomic mass is 32.2. The lowest BCUT2D eigenvalue weighted by atomic mass is 10.1. The summed E-state index contributed by atoms with van der Waals surface area (Å²) in [7, 11) is -2.45. The third kappa shape index (κ3) is 4.14. The summed E-state index contributed by atoms with van der Waals surface area (Å²) in [5, 5.41) is 9.09. The van der Waals surface area contributed by atoms with Crippen LogP contribution in [0, 0.1) is 6.92 Å². The first-order valence-corrected chi connectivity index (χ1v) is 10.0. The summed E-state index contributed by atoms with van der Waals surface area (Å²) in [5.74, 6) is -0.483. The van der Waals surface area contributed by atoms with Gasteiger partial charge in [0, 0.05) is 6.07 Å². The molecule has 0 heterocycles. The monoisotopic (exact) mass is 400 g/mol. The van der Waals surface area contributed by atoms with Crippen LogP contribution in [0.4, 0.5) is 5.69 Å². The number of hydrogen-bond donors (Lipinski definition) is 1. The lowest BCUT2D eigenvalue weighted by Gasteiger charge is -2.12. The minimum Gasteiger partial charge on any atom is -0.482 e. The molecule has 1 aliphatic rings. The van der Waals surface area contributed by atoms with Gasteiger partial charge in [-0.2, -0.15) is 0 Å². The van der Waals surface area contributed by atoms with Gasteiger partial charge in [-0.1, -0.05) is 16.6 Å². The maximum atomic E-state index is 11.7. The highest BCUT2D eigenvalue weighted by molar-refractivity contribution is 7.59. The second kappa shape index (κ2) is 8.39. The van der Waals surface area contributed by atoms with E-state index in [0.717, 1.165) is 36.0 Å². The number of ether oxygens (including phenoxy) is 1. The molecule has 0 spiro atoms. The SMILES string of the molecule is C=CC[N+](c1cc2c(cc1OCc1ccc(C(=O)O)cc1C)CCC2)=S(=O)=O. The van der Waals surface area contributed by atoms with E-state index >= 15 is 0 Å². The van der Waals surface area contributed by atoms with Gasteiger partial charge in [-0.25, -0.2) is 4.79 Å². The summed E-state index contributed by atoms with van der Waals surface area (Å²) in [6.45, 7) is 5.82. The predicted molar refractivity (Wildman–Crippen MR) is 105 cm³/mol. The number of aryl methyl sites for hydroxylation is 3. The second-order valence-corrected chi connectivity index (χ2v) is 7.62. The van der Waals surface area contributed by atoms with E-state index in [1.807, 2.05) is 19.1 Å². The largest absolute Gasteiger partial charge is 0.482 e. The standard InChI is InChI=1S/C21H21NO5S/c1-3-9-22(28(25)26)19-11-15-5-4-6-16(15)12-20(19)27-13-18-8-7-17(21(23)24)10-14(18)2/h3,7-8,10-12H,1,4-6,9,13H2,2H3/p+1. The number of aromatic carboxylic acids is 1. The van der Waals surface area contributed by atoms with E-state index in [2.05, 4.69) is 6.58 Å². The predicted octanol–water partition coefficient (Wildman–Crippen LogP) is 3.65. The fourth-order valence-corrected chi connectivity index (χ4v) is 3.93. The van der Waals surface area contributed by atoms with E-state index in [9.17, 15) is 13.2 Å². The Kier molecular flexibility index (Phi) is 5.94. The molecule has 0 radical (unpaired) electrons. The molecule has 3 rings (SSSR count). The highest BCUT2D eigenvalue weighted by Crippen LogP contribution is 2.35. The number of rotatable bonds is 7. The summed E-state index contributed by atoms with van der Waals surface area (Å²) in [6, 6.07) is 8.66. The van der Waals surface area contributed by atoms with Gasteiger partial charge >= 0.3 is 16.5 Å². The van der Waals surface area contributed by atoms with Gasteiger partial charge in [-0.15, -0.1) is 8.42 Å². The van der Waals surface area contributed by atoms with E-state index in [-0.39, 0.29) is 18.7 Å². The number of hydrogen-bond acceptors (Lipinski definition) is 4. The van der Waals surface area contributed by atoms with E-state index < -0.39 is 16.5 Å². The first kappa shape index (κ1) is 19.8. The van der Waals surface area contributed by atoms with Crippen molar-refractivity contribution < 1.29 is 27.0 Å². The molecule has 0 fully saturated rings. The Balaban J connectivity index is 1.96. The van der Waals surface area contributed by atoms with Crippen LogP contribution in [0.25, 0.3) is 0 Å². The van der Waals surface area contributed by atoms with Crippen molar-refractivity contribution >= 4 is 22.2 Å². The van der Waals surface area contributed by atoms with Crippen LogP contribution in [0.15, 0.2) is 43.0 Å². The van der Waals surface area contributed by atoms with Gasteiger partial charge in [0.2, 0.25) is 0 Å². The molecular weight excluding hydrogens is 378 g/mol. The van der Waals surface area contributed by atoms with Crippen molar-refractivity contribution in [3.05, 3.63) is 70.8 Å². The van der Waals surface area contributed by atoms with Gasteiger partial charge in [-0.05, 0) is 72.7 Å². The van der Waals surface area contributed by atoms with Gasteiger partial charge in [0.05, 0.1) is 5.56 Å². The fourth-order valence-electron chi connectivity index (χ4n) is 3.40. The van der Waals surface area contributed by atoms with E-state index in [1.165, 1.54) is 21.7 Å². The van der Waals surface area contributed by atoms with Gasteiger partial charge in [-0.3, -0.25) is 0 Å². The van der Waals surface area contributed by atoms with Gasteiger partial charge < -0.3 is 9.84 Å². The molecule has 1 N–H and O–H groups in total. The molecule has 6 nitrogen and oxygen atoms in total. The van der Waals surface area contributed by atoms with Crippen molar-refractivity contribution in [1.29, 1.82) is 0 Å². The zero-order valence-electron chi connectivity index (χ0n) is 15.6. The van der Waals surface area contributed by atoms with Gasteiger partial charge in [0.15, 0.2) is 12.3 Å². The van der Waals surface area contributed by atoms with Crippen molar-refractivity contribution in [1.82, 2.24) is 0 Å². The number of fused-ring (bicyclic) bond motifs is 1. The molecule has 2 aromatic rings. The average Bonchev–Trinajstić information content (AvgIpc) is 3.11. The Labute approximate surface area is 165 Å². The Morgan fingerprint density at radius 1 is 1.25 bits per heavy atom. The van der Waals surface area contributed by atoms with Crippen LogP contribution >= 0.6 is 0 Å². The number of carboxylic acids is 1. The Bertz CT molecular complexity index is 1080. The number of nitrogens with zero attached hydrogens (tertiary/aromatic N) is 1. The van der Waals surface area contributed by atoms with E-state index in [0.29, 0.717) is 11.4 Å². The maximum absolute atomic E-state index is 11.7. The lowest BCUT2D eigenvalue weighted by molar-refractivity contribution is -0.402. The normalized spacial score (nSPS) is 12.3. The quantitative estimate of drug-likeness (QED) is 0.566. The van der Waals surface area contributed by atoms with E-state index in [4.69, 9.17) is 9.84 Å². The molecule has 2 aromatic carbocycles. The Morgan fingerprint density at radius 3 is 2.57 bits per heavy atom. The molecule has 0 amide bonds. The molecule has 0 atom stereocenters. The lowest BCUT2D eigenvalue weighted by Crippen LogP contribution is -2.08. The summed E-state index contributed by atoms with van der Waals surface area (Å²) < 4.78 is 30.7. The Morgan fingerprint density at radius 2 is 1.96 bits per heavy atom. The zero-order valence-corrected chi connectivity index (χ0v) is 16.5. The van der Waals surface area contributed by atoms with Crippen LogP contribution in [0.3, 0.4) is 0 Å². The molecule has 28 heavy (non-hydrogen) atoms. The molecule has 146 valence electrons. The summed E-state index contributed by atoms with van der Waals surface area (Å²) in [6.07, 6.45) is 4.43. The summed E-state index contributed by atoms with van der Waals surface area (Å²) >= 11 is 0. The first-order valence-electron chi connectivity index (χ1n) is 9.00. The van der Waals surface area contributed by atoms with Crippen molar-refractivity contribution in [2.24, 2.45) is 0 Å². The van der Waals surface area contributed by atoms with Crippen LogP contribution in [0.2, 0.25) is 0 Å². The van der Waals surface area contributed by atoms with Crippen LogP contribution in [0.5, 0.6) is 5.75 Å². The van der Waals surface area contributed by atoms with Crippen molar-refractivity contribution in [2.45, 2.75) is 32.8 Å². The average molecular weight is 400 g/mol. The molecule has 7 heteroatoms. The van der Waals surface area contributed by atoms with Crippen LogP contribution in [-0.2, 0) is 29.9 Å². The Hall–Kier alpha value is -2.93.